The molecular formula is C77H140N2O6P+. The van der Waals surface area contributed by atoms with Crippen LogP contribution in [0.1, 0.15) is 322 Å². The summed E-state index contributed by atoms with van der Waals surface area (Å²) in [6.07, 6.45) is 98.2. The maximum Gasteiger partial charge on any atom is 0.472 e. The van der Waals surface area contributed by atoms with Crippen molar-refractivity contribution < 1.29 is 32.9 Å². The maximum absolute atomic E-state index is 13.1. The fourth-order valence-electron chi connectivity index (χ4n) is 10.4. The fourth-order valence-corrected chi connectivity index (χ4v) is 11.1. The second kappa shape index (κ2) is 66.6. The maximum atomic E-state index is 13.1. The summed E-state index contributed by atoms with van der Waals surface area (Å²) in [5.41, 5.74) is 0. The van der Waals surface area contributed by atoms with Gasteiger partial charge in [-0.25, -0.2) is 4.57 Å². The van der Waals surface area contributed by atoms with Crippen LogP contribution in [-0.4, -0.2) is 73.4 Å². The molecule has 0 aliphatic carbocycles. The Hall–Kier alpha value is -2.84. The molecule has 0 rings (SSSR count). The molecule has 0 aromatic heterocycles. The van der Waals surface area contributed by atoms with Crippen molar-refractivity contribution in [3.05, 3.63) is 109 Å². The third-order valence-corrected chi connectivity index (χ3v) is 16.9. The van der Waals surface area contributed by atoms with Gasteiger partial charge < -0.3 is 19.8 Å². The van der Waals surface area contributed by atoms with Crippen LogP contribution in [0.5, 0.6) is 0 Å². The normalized spacial score (nSPS) is 14.3. The molecule has 0 radical (unpaired) electrons. The summed E-state index contributed by atoms with van der Waals surface area (Å²) in [5.74, 6) is -0.189. The molecule has 0 heterocycles. The van der Waals surface area contributed by atoms with E-state index < -0.39 is 20.0 Å². The van der Waals surface area contributed by atoms with Crippen molar-refractivity contribution in [1.82, 2.24) is 5.32 Å². The monoisotopic (exact) mass is 1220 g/mol. The summed E-state index contributed by atoms with van der Waals surface area (Å²) in [7, 11) is 1.55. The molecule has 0 bridgehead atoms. The molecular weight excluding hydrogens is 1080 g/mol. The number of unbranched alkanes of at least 4 members (excludes halogenated alkanes) is 37. The van der Waals surface area contributed by atoms with Crippen LogP contribution in [0, 0.1) is 0 Å². The number of phosphoric ester groups is 1. The van der Waals surface area contributed by atoms with Crippen LogP contribution in [-0.2, 0) is 18.4 Å². The number of carbonyl (C=O) groups is 1. The Morgan fingerprint density at radius 1 is 0.407 bits per heavy atom. The first-order chi connectivity index (χ1) is 42.0. The zero-order valence-corrected chi connectivity index (χ0v) is 57.9. The Kier molecular flexibility index (Phi) is 64.4. The second-order valence-corrected chi connectivity index (χ2v) is 27.0. The summed E-state index contributed by atoms with van der Waals surface area (Å²) in [6.45, 7) is 4.70. The minimum atomic E-state index is -4.37. The quantitative estimate of drug-likeness (QED) is 0.0243. The number of amides is 1. The predicted molar refractivity (Wildman–Crippen MR) is 378 cm³/mol. The number of nitrogens with one attached hydrogen (secondary N) is 1. The van der Waals surface area contributed by atoms with E-state index in [1.165, 1.54) is 218 Å². The lowest BCUT2D eigenvalue weighted by atomic mass is 10.0. The predicted octanol–water partition coefficient (Wildman–Crippen LogP) is 23.4. The van der Waals surface area contributed by atoms with Gasteiger partial charge in [-0.3, -0.25) is 13.8 Å². The SMILES string of the molecule is CC/C=C\C/C=C\C/C=C\C/C=C\C/C=C\C/C=C\CCCCCCCCCCCCCCCCCCCCC(=O)NC(COP(=O)(O)OCC[N+](C)(C)C)C(O)/C=C/CC/C=C/CC/C=C/CCCCCCCCCCCCCCCCCCC. The number of phosphoric acid groups is 1. The van der Waals surface area contributed by atoms with Crippen molar-refractivity contribution in [2.45, 2.75) is 334 Å². The zero-order chi connectivity index (χ0) is 62.6. The molecule has 0 saturated carbocycles. The lowest BCUT2D eigenvalue weighted by Crippen LogP contribution is -2.45. The summed E-state index contributed by atoms with van der Waals surface area (Å²) in [4.78, 5) is 23.4. The van der Waals surface area contributed by atoms with Gasteiger partial charge in [-0.1, -0.05) is 329 Å². The van der Waals surface area contributed by atoms with Gasteiger partial charge in [0.15, 0.2) is 0 Å². The molecule has 3 atom stereocenters. The average Bonchev–Trinajstić information content (AvgIpc) is 3.70. The first-order valence-corrected chi connectivity index (χ1v) is 37.8. The lowest BCUT2D eigenvalue weighted by Gasteiger charge is -2.25. The van der Waals surface area contributed by atoms with Crippen LogP contribution < -0.4 is 5.32 Å². The van der Waals surface area contributed by atoms with Crippen LogP contribution in [0.15, 0.2) is 109 Å². The number of aliphatic hydroxyl groups excluding tert-OH is 1. The average molecular weight is 1220 g/mol. The Labute approximate surface area is 533 Å². The standard InChI is InChI=1S/C77H139N2O6P/c1-6-8-10-12-14-16-18-20-22-24-26-28-30-32-34-35-36-37-38-39-40-41-42-43-45-47-49-51-53-55-57-59-61-63-65-67-69-71-77(81)78-75(74-85-86(82,83)84-73-72-79(3,4)5)76(80)70-68-66-64-62-60-58-56-54-52-50-48-46-44-33-31-29-27-25-23-21-19-17-15-13-11-9-7-2/h8,10,14,16,20,22,26,28,32,34,36-37,52,54,60,62,68,70,75-76,80H,6-7,9,11-13,15,17-19,21,23-25,27,29-31,33,35,38-51,53,55-59,61,63-67,69,71-74H2,1-5H3,(H-,78,81,82,83)/p+1/b10-8-,16-14-,22-20-,28-26-,34-32-,37-36-,54-52+,62-60+,70-68+. The van der Waals surface area contributed by atoms with Crippen molar-refractivity contribution in [2.75, 3.05) is 40.9 Å². The van der Waals surface area contributed by atoms with E-state index in [0.717, 1.165) is 83.5 Å². The van der Waals surface area contributed by atoms with Gasteiger partial charge in [-0.2, -0.15) is 0 Å². The van der Waals surface area contributed by atoms with E-state index in [9.17, 15) is 19.4 Å². The molecule has 9 heteroatoms. The van der Waals surface area contributed by atoms with Gasteiger partial charge in [0.2, 0.25) is 5.91 Å². The molecule has 0 saturated heterocycles. The van der Waals surface area contributed by atoms with Gasteiger partial charge in [0.1, 0.15) is 13.2 Å². The van der Waals surface area contributed by atoms with Crippen molar-refractivity contribution in [2.24, 2.45) is 0 Å². The third kappa shape index (κ3) is 68.6. The molecule has 1 amide bonds. The van der Waals surface area contributed by atoms with Crippen LogP contribution in [0.25, 0.3) is 0 Å². The number of nitrogens with zero attached hydrogens (tertiary/aromatic N) is 1. The van der Waals surface area contributed by atoms with Gasteiger partial charge in [-0.15, -0.1) is 0 Å². The van der Waals surface area contributed by atoms with Gasteiger partial charge in [-0.05, 0) is 96.3 Å². The first-order valence-electron chi connectivity index (χ1n) is 36.3. The molecule has 0 spiro atoms. The minimum absolute atomic E-state index is 0.0509. The Morgan fingerprint density at radius 2 is 0.709 bits per heavy atom. The number of rotatable bonds is 66. The summed E-state index contributed by atoms with van der Waals surface area (Å²) >= 11 is 0. The Bertz CT molecular complexity index is 1770. The van der Waals surface area contributed by atoms with E-state index in [-0.39, 0.29) is 19.1 Å². The van der Waals surface area contributed by atoms with E-state index >= 15 is 0 Å². The van der Waals surface area contributed by atoms with Gasteiger partial charge >= 0.3 is 7.82 Å². The molecule has 498 valence electrons. The Balaban J connectivity index is 4.09. The molecule has 0 aromatic carbocycles. The summed E-state index contributed by atoms with van der Waals surface area (Å²) in [5, 5.41) is 14.0. The van der Waals surface area contributed by atoms with E-state index in [2.05, 4.69) is 116 Å². The van der Waals surface area contributed by atoms with Gasteiger partial charge in [0.25, 0.3) is 0 Å². The van der Waals surface area contributed by atoms with E-state index in [4.69, 9.17) is 9.05 Å². The summed E-state index contributed by atoms with van der Waals surface area (Å²) < 4.78 is 23.8. The van der Waals surface area contributed by atoms with Crippen LogP contribution in [0.4, 0.5) is 0 Å². The second-order valence-electron chi connectivity index (χ2n) is 25.6. The molecule has 86 heavy (non-hydrogen) atoms. The highest BCUT2D eigenvalue weighted by atomic mass is 31.2. The number of hydrogen-bond acceptors (Lipinski definition) is 5. The molecule has 3 unspecified atom stereocenters. The highest BCUT2D eigenvalue weighted by molar-refractivity contribution is 7.47. The molecule has 0 aliphatic rings. The van der Waals surface area contributed by atoms with Crippen molar-refractivity contribution in [3.63, 3.8) is 0 Å². The molecule has 8 nitrogen and oxygen atoms in total. The molecule has 0 fully saturated rings. The van der Waals surface area contributed by atoms with Crippen molar-refractivity contribution in [3.8, 4) is 0 Å². The first kappa shape index (κ1) is 83.2. The Morgan fingerprint density at radius 3 is 1.07 bits per heavy atom. The van der Waals surface area contributed by atoms with Crippen molar-refractivity contribution >= 4 is 13.7 Å². The highest BCUT2D eigenvalue weighted by Gasteiger charge is 2.28. The number of quaternary nitrogens is 1. The molecule has 0 aromatic rings. The smallest absolute Gasteiger partial charge is 0.387 e. The largest absolute Gasteiger partial charge is 0.472 e. The number of carbonyl (C=O) groups excluding carboxylic acids is 1. The minimum Gasteiger partial charge on any atom is -0.387 e. The lowest BCUT2D eigenvalue weighted by molar-refractivity contribution is -0.870. The fraction of sp³-hybridized carbons (Fsp3) is 0.753. The van der Waals surface area contributed by atoms with Crippen LogP contribution in [0.2, 0.25) is 0 Å². The van der Waals surface area contributed by atoms with Crippen LogP contribution in [0.3, 0.4) is 0 Å². The number of hydrogen-bond donors (Lipinski definition) is 3. The molecule has 3 N–H and O–H groups in total. The zero-order valence-electron chi connectivity index (χ0n) is 57.0. The van der Waals surface area contributed by atoms with E-state index in [1.54, 1.807) is 6.08 Å². The van der Waals surface area contributed by atoms with Gasteiger partial charge in [0.05, 0.1) is 39.9 Å². The molecule has 0 aliphatic heterocycles. The topological polar surface area (TPSA) is 105 Å². The van der Waals surface area contributed by atoms with Crippen molar-refractivity contribution in [1.29, 1.82) is 0 Å². The highest BCUT2D eigenvalue weighted by Crippen LogP contribution is 2.43. The van der Waals surface area contributed by atoms with Crippen LogP contribution >= 0.6 is 7.82 Å². The summed E-state index contributed by atoms with van der Waals surface area (Å²) in [6, 6.07) is -0.876. The van der Waals surface area contributed by atoms with Gasteiger partial charge in [0, 0.05) is 6.42 Å². The number of allylic oxidation sites excluding steroid dienone is 17. The van der Waals surface area contributed by atoms with E-state index in [0.29, 0.717) is 17.4 Å². The third-order valence-electron chi connectivity index (χ3n) is 16.0. The number of likely N-dealkylation sites (N-methyl/N-ethyl adjacent to an activating group) is 1. The number of aliphatic hydroxyl groups is 1. The van der Waals surface area contributed by atoms with E-state index in [1.807, 2.05) is 27.2 Å².